The number of aryl methyl sites for hydroxylation is 1. The first-order chi connectivity index (χ1) is 13.8. The van der Waals surface area contributed by atoms with Crippen molar-refractivity contribution in [1.29, 1.82) is 0 Å². The molecule has 0 radical (unpaired) electrons. The van der Waals surface area contributed by atoms with Gasteiger partial charge in [-0.1, -0.05) is 32.0 Å². The minimum atomic E-state index is -0.119. The van der Waals surface area contributed by atoms with Gasteiger partial charge >= 0.3 is 5.69 Å². The third-order valence-corrected chi connectivity index (χ3v) is 5.26. The van der Waals surface area contributed by atoms with Crippen LogP contribution in [0.4, 0.5) is 5.82 Å². The van der Waals surface area contributed by atoms with Crippen LogP contribution in [0.3, 0.4) is 0 Å². The fourth-order valence-electron chi connectivity index (χ4n) is 3.71. The van der Waals surface area contributed by atoms with Crippen LogP contribution in [0.5, 0.6) is 0 Å². The zero-order valence-electron chi connectivity index (χ0n) is 17.2. The molecule has 0 amide bonds. The monoisotopic (exact) mass is 391 g/mol. The van der Waals surface area contributed by atoms with E-state index < -0.39 is 0 Å². The maximum atomic E-state index is 12.7. The van der Waals surface area contributed by atoms with Crippen LogP contribution in [0.2, 0.25) is 0 Å². The topological polar surface area (TPSA) is 77.4 Å². The maximum absolute atomic E-state index is 12.7. The number of anilines is 1. The lowest BCUT2D eigenvalue weighted by Crippen LogP contribution is -2.27. The summed E-state index contributed by atoms with van der Waals surface area (Å²) in [6.45, 7) is 8.90. The average Bonchev–Trinajstić information content (AvgIpc) is 3.31. The van der Waals surface area contributed by atoms with Crippen LogP contribution in [-0.4, -0.2) is 25.4 Å². The molecule has 0 bridgehead atoms. The molecular weight excluding hydrogens is 366 g/mol. The first-order valence-electron chi connectivity index (χ1n) is 10.1. The first-order valence-corrected chi connectivity index (χ1v) is 10.1. The molecule has 1 aromatic carbocycles. The molecule has 1 saturated carbocycles. The van der Waals surface area contributed by atoms with E-state index in [1.54, 1.807) is 15.3 Å². The van der Waals surface area contributed by atoms with Crippen molar-refractivity contribution in [2.24, 2.45) is 5.41 Å². The van der Waals surface area contributed by atoms with E-state index in [-0.39, 0.29) is 11.1 Å². The highest BCUT2D eigenvalue weighted by Crippen LogP contribution is 2.37. The van der Waals surface area contributed by atoms with Gasteiger partial charge in [0.05, 0.1) is 11.9 Å². The Morgan fingerprint density at radius 3 is 2.76 bits per heavy atom. The summed E-state index contributed by atoms with van der Waals surface area (Å²) in [5, 5.41) is 13.2. The lowest BCUT2D eigenvalue weighted by atomic mass is 9.97. The molecule has 5 rings (SSSR count). The molecule has 150 valence electrons. The average molecular weight is 391 g/mol. The van der Waals surface area contributed by atoms with Crippen molar-refractivity contribution in [3.8, 4) is 11.1 Å². The van der Waals surface area contributed by atoms with Gasteiger partial charge in [0.1, 0.15) is 0 Å². The molecule has 3 heterocycles. The van der Waals surface area contributed by atoms with Crippen LogP contribution >= 0.6 is 0 Å². The standard InChI is InChI=1S/C22H25N5O2/c1-13-5-8-16-19(29-25-20(16)23-15-6-7-15)18(13)14-9-10-26-17(11-14)24-27(21(26)28)12-22(2,3)4/h5,8-11,15H,6-7,12H2,1-4H3,(H,23,25). The van der Waals surface area contributed by atoms with Crippen LogP contribution in [0, 0.1) is 12.3 Å². The van der Waals surface area contributed by atoms with Crippen LogP contribution in [-0.2, 0) is 6.54 Å². The number of aromatic nitrogens is 4. The molecule has 1 aliphatic carbocycles. The van der Waals surface area contributed by atoms with Gasteiger partial charge in [-0.15, -0.1) is 5.10 Å². The highest BCUT2D eigenvalue weighted by molar-refractivity contribution is 5.99. The van der Waals surface area contributed by atoms with Gasteiger partial charge in [-0.3, -0.25) is 4.40 Å². The van der Waals surface area contributed by atoms with E-state index >= 15 is 0 Å². The van der Waals surface area contributed by atoms with E-state index in [9.17, 15) is 4.79 Å². The summed E-state index contributed by atoms with van der Waals surface area (Å²) in [7, 11) is 0. The Kier molecular flexibility index (Phi) is 3.84. The Hall–Kier alpha value is -3.09. The quantitative estimate of drug-likeness (QED) is 0.563. The molecule has 1 N–H and O–H groups in total. The predicted octanol–water partition coefficient (Wildman–Crippen LogP) is 4.23. The largest absolute Gasteiger partial charge is 0.364 e. The second kappa shape index (κ2) is 6.20. The highest BCUT2D eigenvalue weighted by Gasteiger charge is 2.24. The minimum absolute atomic E-state index is 0.0302. The Balaban J connectivity index is 1.63. The van der Waals surface area contributed by atoms with Crippen molar-refractivity contribution in [3.05, 3.63) is 46.5 Å². The second-order valence-corrected chi connectivity index (χ2v) is 9.23. The maximum Gasteiger partial charge on any atom is 0.350 e. The molecule has 1 aliphatic rings. The van der Waals surface area contributed by atoms with E-state index in [0.717, 1.165) is 33.5 Å². The molecule has 0 saturated heterocycles. The number of hydrogen-bond acceptors (Lipinski definition) is 5. The van der Waals surface area contributed by atoms with Gasteiger partial charge in [0.2, 0.25) is 0 Å². The number of nitrogens with one attached hydrogen (secondary N) is 1. The number of pyridine rings is 1. The SMILES string of the molecule is Cc1ccc2c(NC3CC3)noc2c1-c1ccn2c(=O)n(CC(C)(C)C)nc2c1. The molecule has 29 heavy (non-hydrogen) atoms. The van der Waals surface area contributed by atoms with Crippen LogP contribution in [0.1, 0.15) is 39.2 Å². The summed E-state index contributed by atoms with van der Waals surface area (Å²) in [6.07, 6.45) is 4.14. The van der Waals surface area contributed by atoms with E-state index in [4.69, 9.17) is 4.52 Å². The molecule has 0 unspecified atom stereocenters. The molecule has 7 nitrogen and oxygen atoms in total. The van der Waals surface area contributed by atoms with Gasteiger partial charge in [0.15, 0.2) is 17.0 Å². The number of nitrogens with zero attached hydrogens (tertiary/aromatic N) is 4. The van der Waals surface area contributed by atoms with Gasteiger partial charge in [0.25, 0.3) is 0 Å². The summed E-state index contributed by atoms with van der Waals surface area (Å²) in [4.78, 5) is 12.7. The third kappa shape index (κ3) is 3.20. The van der Waals surface area contributed by atoms with E-state index in [2.05, 4.69) is 55.4 Å². The van der Waals surface area contributed by atoms with Crippen molar-refractivity contribution in [3.63, 3.8) is 0 Å². The fraction of sp³-hybridized carbons (Fsp3) is 0.409. The summed E-state index contributed by atoms with van der Waals surface area (Å²) in [6, 6.07) is 8.52. The van der Waals surface area contributed by atoms with Gasteiger partial charge < -0.3 is 9.84 Å². The summed E-state index contributed by atoms with van der Waals surface area (Å²) in [5.74, 6) is 0.801. The Morgan fingerprint density at radius 2 is 2.03 bits per heavy atom. The number of rotatable bonds is 4. The van der Waals surface area contributed by atoms with Gasteiger partial charge in [-0.25, -0.2) is 9.48 Å². The van der Waals surface area contributed by atoms with Crippen molar-refractivity contribution < 1.29 is 4.52 Å². The normalized spacial score (nSPS) is 14.8. The fourth-order valence-corrected chi connectivity index (χ4v) is 3.71. The van der Waals surface area contributed by atoms with Crippen LogP contribution in [0.15, 0.2) is 39.8 Å². The smallest absolute Gasteiger partial charge is 0.350 e. The Bertz CT molecular complexity index is 1280. The Morgan fingerprint density at radius 1 is 1.24 bits per heavy atom. The van der Waals surface area contributed by atoms with Gasteiger partial charge in [-0.2, -0.15) is 0 Å². The number of benzene rings is 1. The zero-order chi connectivity index (χ0) is 20.3. The van der Waals surface area contributed by atoms with E-state index in [1.807, 2.05) is 12.1 Å². The van der Waals surface area contributed by atoms with E-state index in [0.29, 0.717) is 18.2 Å². The minimum Gasteiger partial charge on any atom is -0.364 e. The predicted molar refractivity (Wildman–Crippen MR) is 113 cm³/mol. The van der Waals surface area contributed by atoms with Crippen molar-refractivity contribution in [2.45, 2.75) is 53.1 Å². The van der Waals surface area contributed by atoms with Gasteiger partial charge in [-0.05, 0) is 54.5 Å². The molecule has 1 fully saturated rings. The van der Waals surface area contributed by atoms with Crippen molar-refractivity contribution in [1.82, 2.24) is 19.3 Å². The first kappa shape index (κ1) is 18.0. The molecule has 4 aromatic rings. The molecule has 0 spiro atoms. The number of fused-ring (bicyclic) bond motifs is 2. The molecule has 0 aliphatic heterocycles. The second-order valence-electron chi connectivity index (χ2n) is 9.23. The molecule has 7 heteroatoms. The molecular formula is C22H25N5O2. The summed E-state index contributed by atoms with van der Waals surface area (Å²) >= 11 is 0. The molecule has 0 atom stereocenters. The van der Waals surface area contributed by atoms with Crippen molar-refractivity contribution in [2.75, 3.05) is 5.32 Å². The van der Waals surface area contributed by atoms with Crippen molar-refractivity contribution >= 4 is 22.4 Å². The van der Waals surface area contributed by atoms with Crippen LogP contribution in [0.25, 0.3) is 27.7 Å². The molecule has 3 aromatic heterocycles. The van der Waals surface area contributed by atoms with Crippen LogP contribution < -0.4 is 11.0 Å². The Labute approximate surface area is 168 Å². The summed E-state index contributed by atoms with van der Waals surface area (Å²) in [5.41, 5.74) is 4.27. The lowest BCUT2D eigenvalue weighted by molar-refractivity contribution is 0.320. The summed E-state index contributed by atoms with van der Waals surface area (Å²) < 4.78 is 8.87. The zero-order valence-corrected chi connectivity index (χ0v) is 17.2. The third-order valence-electron chi connectivity index (χ3n) is 5.26. The van der Waals surface area contributed by atoms with Gasteiger partial charge in [0, 0.05) is 17.8 Å². The van der Waals surface area contributed by atoms with E-state index in [1.165, 1.54) is 12.8 Å². The lowest BCUT2D eigenvalue weighted by Gasteiger charge is -2.16. The number of hydrogen-bond donors (Lipinski definition) is 1. The highest BCUT2D eigenvalue weighted by atomic mass is 16.5.